The SMILES string of the molecule is Cc1ccc(C)c(O[C@H](C)C(=O)Nc2cc([N+](=O)[O-])ccc2C)c1. The molecule has 126 valence electrons. The molecule has 0 saturated carbocycles. The molecule has 1 amide bonds. The second kappa shape index (κ2) is 7.12. The first-order valence-corrected chi connectivity index (χ1v) is 7.57. The predicted octanol–water partition coefficient (Wildman–Crippen LogP) is 3.93. The molecule has 6 heteroatoms. The Bertz CT molecular complexity index is 787. The van der Waals surface area contributed by atoms with Gasteiger partial charge in [-0.05, 0) is 50.5 Å². The van der Waals surface area contributed by atoms with Crippen LogP contribution >= 0.6 is 0 Å². The van der Waals surface area contributed by atoms with E-state index in [0.29, 0.717) is 11.4 Å². The van der Waals surface area contributed by atoms with Crippen LogP contribution < -0.4 is 10.1 Å². The summed E-state index contributed by atoms with van der Waals surface area (Å²) in [6, 6.07) is 10.1. The van der Waals surface area contributed by atoms with Crippen molar-refractivity contribution in [2.24, 2.45) is 0 Å². The number of nitrogens with one attached hydrogen (secondary N) is 1. The number of nitrogens with zero attached hydrogens (tertiary/aromatic N) is 1. The molecule has 0 unspecified atom stereocenters. The lowest BCUT2D eigenvalue weighted by molar-refractivity contribution is -0.384. The number of anilines is 1. The maximum Gasteiger partial charge on any atom is 0.271 e. The minimum atomic E-state index is -0.732. The number of nitro groups is 1. The lowest BCUT2D eigenvalue weighted by atomic mass is 10.1. The molecular formula is C18H20N2O4. The smallest absolute Gasteiger partial charge is 0.271 e. The Labute approximate surface area is 140 Å². The topological polar surface area (TPSA) is 81.5 Å². The van der Waals surface area contributed by atoms with Crippen LogP contribution in [-0.2, 0) is 4.79 Å². The van der Waals surface area contributed by atoms with E-state index in [1.807, 2.05) is 32.0 Å². The number of carbonyl (C=O) groups is 1. The number of carbonyl (C=O) groups excluding carboxylic acids is 1. The fourth-order valence-corrected chi connectivity index (χ4v) is 2.17. The third kappa shape index (κ3) is 4.10. The normalized spacial score (nSPS) is 11.7. The van der Waals surface area contributed by atoms with Crippen molar-refractivity contribution in [1.29, 1.82) is 0 Å². The van der Waals surface area contributed by atoms with Crippen molar-refractivity contribution in [2.75, 3.05) is 5.32 Å². The van der Waals surface area contributed by atoms with Gasteiger partial charge in [0.15, 0.2) is 6.10 Å². The average molecular weight is 328 g/mol. The molecule has 2 aromatic carbocycles. The van der Waals surface area contributed by atoms with Crippen molar-refractivity contribution < 1.29 is 14.5 Å². The zero-order valence-corrected chi connectivity index (χ0v) is 14.1. The van der Waals surface area contributed by atoms with Gasteiger partial charge in [0.25, 0.3) is 11.6 Å². The molecule has 0 radical (unpaired) electrons. The molecule has 0 aliphatic heterocycles. The largest absolute Gasteiger partial charge is 0.481 e. The second-order valence-corrected chi connectivity index (χ2v) is 5.77. The number of amides is 1. The van der Waals surface area contributed by atoms with E-state index in [4.69, 9.17) is 4.74 Å². The summed E-state index contributed by atoms with van der Waals surface area (Å²) in [5.41, 5.74) is 3.06. The molecule has 0 aromatic heterocycles. The van der Waals surface area contributed by atoms with E-state index in [1.165, 1.54) is 12.1 Å². The average Bonchev–Trinajstić information content (AvgIpc) is 2.52. The van der Waals surface area contributed by atoms with Gasteiger partial charge < -0.3 is 10.1 Å². The fourth-order valence-electron chi connectivity index (χ4n) is 2.17. The Balaban J connectivity index is 2.13. The first-order chi connectivity index (χ1) is 11.3. The van der Waals surface area contributed by atoms with Crippen LogP contribution in [0.3, 0.4) is 0 Å². The van der Waals surface area contributed by atoms with Crippen LogP contribution in [0, 0.1) is 30.9 Å². The number of ether oxygens (including phenoxy) is 1. The molecule has 2 aromatic rings. The highest BCUT2D eigenvalue weighted by atomic mass is 16.6. The molecule has 2 rings (SSSR count). The highest BCUT2D eigenvalue weighted by Crippen LogP contribution is 2.23. The van der Waals surface area contributed by atoms with E-state index in [-0.39, 0.29) is 11.6 Å². The molecule has 1 N–H and O–H groups in total. The zero-order valence-electron chi connectivity index (χ0n) is 14.1. The van der Waals surface area contributed by atoms with Crippen molar-refractivity contribution in [3.63, 3.8) is 0 Å². The third-order valence-electron chi connectivity index (χ3n) is 3.71. The quantitative estimate of drug-likeness (QED) is 0.666. The summed E-state index contributed by atoms with van der Waals surface area (Å²) in [5, 5.41) is 13.6. The summed E-state index contributed by atoms with van der Waals surface area (Å²) in [7, 11) is 0. The Morgan fingerprint density at radius 1 is 1.12 bits per heavy atom. The van der Waals surface area contributed by atoms with Crippen LogP contribution in [0.15, 0.2) is 36.4 Å². The van der Waals surface area contributed by atoms with Gasteiger partial charge in [-0.2, -0.15) is 0 Å². The standard InChI is InChI=1S/C18H20N2O4/c1-11-5-6-13(3)17(9-11)24-14(4)18(21)19-16-10-15(20(22)23)8-7-12(16)2/h5-10,14H,1-4H3,(H,19,21)/t14-/m1/s1. The number of hydrogen-bond acceptors (Lipinski definition) is 4. The van der Waals surface area contributed by atoms with Gasteiger partial charge in [-0.15, -0.1) is 0 Å². The summed E-state index contributed by atoms with van der Waals surface area (Å²) in [6.45, 7) is 7.27. The summed E-state index contributed by atoms with van der Waals surface area (Å²) in [5.74, 6) is 0.285. The number of nitro benzene ring substituents is 1. The van der Waals surface area contributed by atoms with Crippen LogP contribution in [0.2, 0.25) is 0 Å². The van der Waals surface area contributed by atoms with Crippen LogP contribution in [0.25, 0.3) is 0 Å². The molecule has 0 aliphatic carbocycles. The maximum absolute atomic E-state index is 12.3. The Hall–Kier alpha value is -2.89. The van der Waals surface area contributed by atoms with E-state index < -0.39 is 11.0 Å². The van der Waals surface area contributed by atoms with E-state index in [2.05, 4.69) is 5.32 Å². The minimum absolute atomic E-state index is 0.0704. The first kappa shape index (κ1) is 17.5. The monoisotopic (exact) mass is 328 g/mol. The minimum Gasteiger partial charge on any atom is -0.481 e. The molecule has 0 spiro atoms. The van der Waals surface area contributed by atoms with Crippen molar-refractivity contribution in [3.8, 4) is 5.75 Å². The Kier molecular flexibility index (Phi) is 5.18. The zero-order chi connectivity index (χ0) is 17.9. The van der Waals surface area contributed by atoms with E-state index in [1.54, 1.807) is 19.9 Å². The molecule has 0 heterocycles. The van der Waals surface area contributed by atoms with Gasteiger partial charge in [-0.3, -0.25) is 14.9 Å². The van der Waals surface area contributed by atoms with Crippen molar-refractivity contribution >= 4 is 17.3 Å². The van der Waals surface area contributed by atoms with Crippen LogP contribution in [0.1, 0.15) is 23.6 Å². The van der Waals surface area contributed by atoms with Crippen LogP contribution in [-0.4, -0.2) is 16.9 Å². The number of non-ortho nitro benzene ring substituents is 1. The van der Waals surface area contributed by atoms with Crippen molar-refractivity contribution in [1.82, 2.24) is 0 Å². The van der Waals surface area contributed by atoms with Crippen LogP contribution in [0.5, 0.6) is 5.75 Å². The Morgan fingerprint density at radius 3 is 2.46 bits per heavy atom. The highest BCUT2D eigenvalue weighted by molar-refractivity contribution is 5.95. The number of rotatable bonds is 5. The van der Waals surface area contributed by atoms with Crippen LogP contribution in [0.4, 0.5) is 11.4 Å². The lowest BCUT2D eigenvalue weighted by Gasteiger charge is -2.17. The molecule has 0 aliphatic rings. The Morgan fingerprint density at radius 2 is 1.79 bits per heavy atom. The number of hydrogen-bond donors (Lipinski definition) is 1. The van der Waals surface area contributed by atoms with Gasteiger partial charge >= 0.3 is 0 Å². The maximum atomic E-state index is 12.3. The van der Waals surface area contributed by atoms with Gasteiger partial charge in [-0.25, -0.2) is 0 Å². The third-order valence-corrected chi connectivity index (χ3v) is 3.71. The summed E-state index contributed by atoms with van der Waals surface area (Å²) in [6.07, 6.45) is -0.732. The van der Waals surface area contributed by atoms with Gasteiger partial charge in [0, 0.05) is 12.1 Å². The molecule has 6 nitrogen and oxygen atoms in total. The summed E-state index contributed by atoms with van der Waals surface area (Å²) in [4.78, 5) is 22.7. The fraction of sp³-hybridized carbons (Fsp3) is 0.278. The molecule has 24 heavy (non-hydrogen) atoms. The van der Waals surface area contributed by atoms with Crippen molar-refractivity contribution in [2.45, 2.75) is 33.8 Å². The first-order valence-electron chi connectivity index (χ1n) is 7.57. The number of aryl methyl sites for hydroxylation is 3. The molecule has 0 fully saturated rings. The van der Waals surface area contributed by atoms with Gasteiger partial charge in [0.1, 0.15) is 5.75 Å². The molecule has 0 saturated heterocycles. The van der Waals surface area contributed by atoms with Gasteiger partial charge in [0.2, 0.25) is 0 Å². The second-order valence-electron chi connectivity index (χ2n) is 5.77. The van der Waals surface area contributed by atoms with Gasteiger partial charge in [0.05, 0.1) is 10.6 Å². The molecule has 1 atom stereocenters. The van der Waals surface area contributed by atoms with E-state index >= 15 is 0 Å². The highest BCUT2D eigenvalue weighted by Gasteiger charge is 2.18. The summed E-state index contributed by atoms with van der Waals surface area (Å²) < 4.78 is 5.73. The van der Waals surface area contributed by atoms with Crippen molar-refractivity contribution in [3.05, 3.63) is 63.2 Å². The summed E-state index contributed by atoms with van der Waals surface area (Å²) >= 11 is 0. The molecule has 0 bridgehead atoms. The van der Waals surface area contributed by atoms with Gasteiger partial charge in [-0.1, -0.05) is 18.2 Å². The number of benzene rings is 2. The predicted molar refractivity (Wildman–Crippen MR) is 92.5 cm³/mol. The molecular weight excluding hydrogens is 308 g/mol. The van der Waals surface area contributed by atoms with E-state index in [0.717, 1.165) is 16.7 Å². The lowest BCUT2D eigenvalue weighted by Crippen LogP contribution is -2.30. The van der Waals surface area contributed by atoms with E-state index in [9.17, 15) is 14.9 Å².